The molecule has 4 saturated carbocycles. The Hall–Kier alpha value is -0.570. The van der Waals surface area contributed by atoms with Crippen LogP contribution < -0.4 is 10.6 Å². The fourth-order valence-electron chi connectivity index (χ4n) is 5.61. The minimum Gasteiger partial charge on any atom is -0.354 e. The van der Waals surface area contributed by atoms with E-state index in [1.165, 1.54) is 19.3 Å². The first-order chi connectivity index (χ1) is 9.05. The standard InChI is InChI=1S/C16H28N2O/c1-3-17-4-5-18-14(19)16-9-12-6-13(10-16)8-15(2,7-12)11-16/h12-13,17H,3-11H2,1-2H3,(H,18,19). The van der Waals surface area contributed by atoms with E-state index in [-0.39, 0.29) is 5.41 Å². The molecule has 2 unspecified atom stereocenters. The fourth-order valence-corrected chi connectivity index (χ4v) is 5.61. The van der Waals surface area contributed by atoms with Gasteiger partial charge in [0.15, 0.2) is 0 Å². The molecule has 4 rings (SSSR count). The van der Waals surface area contributed by atoms with Crippen molar-refractivity contribution in [3.05, 3.63) is 0 Å². The number of hydrogen-bond acceptors (Lipinski definition) is 2. The van der Waals surface area contributed by atoms with E-state index in [0.29, 0.717) is 11.3 Å². The number of rotatable bonds is 5. The molecule has 19 heavy (non-hydrogen) atoms. The lowest BCUT2D eigenvalue weighted by molar-refractivity contribution is -0.155. The molecule has 4 aliphatic rings. The molecule has 4 bridgehead atoms. The molecule has 0 aromatic heterocycles. The lowest BCUT2D eigenvalue weighted by Gasteiger charge is -2.60. The molecule has 0 radical (unpaired) electrons. The van der Waals surface area contributed by atoms with Gasteiger partial charge < -0.3 is 10.6 Å². The summed E-state index contributed by atoms with van der Waals surface area (Å²) in [5, 5.41) is 6.46. The molecule has 2 N–H and O–H groups in total. The number of carbonyl (C=O) groups excluding carboxylic acids is 1. The van der Waals surface area contributed by atoms with Crippen LogP contribution in [0.1, 0.15) is 52.4 Å². The highest BCUT2D eigenvalue weighted by Crippen LogP contribution is 2.65. The Bertz CT molecular complexity index is 352. The highest BCUT2D eigenvalue weighted by molar-refractivity contribution is 5.83. The molecule has 0 saturated heterocycles. The Morgan fingerprint density at radius 3 is 2.42 bits per heavy atom. The van der Waals surface area contributed by atoms with Crippen LogP contribution in [0.25, 0.3) is 0 Å². The van der Waals surface area contributed by atoms with Gasteiger partial charge in [0.05, 0.1) is 5.41 Å². The summed E-state index contributed by atoms with van der Waals surface area (Å²) >= 11 is 0. The maximum absolute atomic E-state index is 12.7. The van der Waals surface area contributed by atoms with Crippen molar-refractivity contribution >= 4 is 5.91 Å². The molecule has 0 aromatic carbocycles. The van der Waals surface area contributed by atoms with E-state index in [2.05, 4.69) is 24.5 Å². The Morgan fingerprint density at radius 1 is 1.16 bits per heavy atom. The smallest absolute Gasteiger partial charge is 0.226 e. The third kappa shape index (κ3) is 2.42. The number of hydrogen-bond donors (Lipinski definition) is 2. The normalized spacial score (nSPS) is 43.5. The number of likely N-dealkylation sites (N-methyl/N-ethyl adjacent to an activating group) is 1. The summed E-state index contributed by atoms with van der Waals surface area (Å²) in [6, 6.07) is 0. The molecule has 0 aliphatic heterocycles. The van der Waals surface area contributed by atoms with Gasteiger partial charge in [0.2, 0.25) is 5.91 Å². The molecule has 3 heteroatoms. The van der Waals surface area contributed by atoms with Crippen LogP contribution in [-0.4, -0.2) is 25.5 Å². The third-order valence-corrected chi connectivity index (χ3v) is 5.67. The van der Waals surface area contributed by atoms with Crippen LogP contribution >= 0.6 is 0 Å². The third-order valence-electron chi connectivity index (χ3n) is 5.67. The zero-order valence-electron chi connectivity index (χ0n) is 12.4. The molecule has 2 atom stereocenters. The lowest BCUT2D eigenvalue weighted by atomic mass is 9.44. The molecule has 3 nitrogen and oxygen atoms in total. The van der Waals surface area contributed by atoms with Gasteiger partial charge in [-0.3, -0.25) is 4.79 Å². The summed E-state index contributed by atoms with van der Waals surface area (Å²) in [5.41, 5.74) is 0.453. The first-order valence-electron chi connectivity index (χ1n) is 8.04. The second-order valence-corrected chi connectivity index (χ2v) is 7.66. The lowest BCUT2D eigenvalue weighted by Crippen LogP contribution is -2.57. The summed E-state index contributed by atoms with van der Waals surface area (Å²) in [4.78, 5) is 12.7. The van der Waals surface area contributed by atoms with E-state index in [0.717, 1.165) is 50.7 Å². The molecular formula is C16H28N2O. The first-order valence-corrected chi connectivity index (χ1v) is 8.04. The fraction of sp³-hybridized carbons (Fsp3) is 0.938. The molecule has 1 amide bonds. The Kier molecular flexibility index (Phi) is 3.36. The van der Waals surface area contributed by atoms with E-state index in [1.807, 2.05) is 0 Å². The Morgan fingerprint density at radius 2 is 1.84 bits per heavy atom. The van der Waals surface area contributed by atoms with Crippen molar-refractivity contribution in [2.75, 3.05) is 19.6 Å². The Balaban J connectivity index is 1.64. The summed E-state index contributed by atoms with van der Waals surface area (Å²) in [5.74, 6) is 2.00. The highest BCUT2D eigenvalue weighted by Gasteiger charge is 2.58. The molecule has 108 valence electrons. The topological polar surface area (TPSA) is 41.1 Å². The highest BCUT2D eigenvalue weighted by atomic mass is 16.2. The van der Waals surface area contributed by atoms with Crippen LogP contribution in [0.5, 0.6) is 0 Å². The predicted molar refractivity (Wildman–Crippen MR) is 76.8 cm³/mol. The summed E-state index contributed by atoms with van der Waals surface area (Å²) in [6.07, 6.45) is 7.59. The van der Waals surface area contributed by atoms with Crippen molar-refractivity contribution in [3.63, 3.8) is 0 Å². The largest absolute Gasteiger partial charge is 0.354 e. The summed E-state index contributed by atoms with van der Waals surface area (Å²) in [7, 11) is 0. The summed E-state index contributed by atoms with van der Waals surface area (Å²) < 4.78 is 0. The average Bonchev–Trinajstić information content (AvgIpc) is 2.31. The average molecular weight is 264 g/mol. The molecular weight excluding hydrogens is 236 g/mol. The van der Waals surface area contributed by atoms with Gasteiger partial charge in [-0.05, 0) is 62.3 Å². The van der Waals surface area contributed by atoms with Crippen LogP contribution in [0, 0.1) is 22.7 Å². The van der Waals surface area contributed by atoms with Gasteiger partial charge in [0.25, 0.3) is 0 Å². The van der Waals surface area contributed by atoms with E-state index >= 15 is 0 Å². The molecule has 0 aromatic rings. The van der Waals surface area contributed by atoms with Crippen molar-refractivity contribution in [2.24, 2.45) is 22.7 Å². The van der Waals surface area contributed by atoms with Gasteiger partial charge in [0, 0.05) is 13.1 Å². The van der Waals surface area contributed by atoms with E-state index < -0.39 is 0 Å². The van der Waals surface area contributed by atoms with Crippen LogP contribution in [0.2, 0.25) is 0 Å². The van der Waals surface area contributed by atoms with Crippen molar-refractivity contribution in [1.29, 1.82) is 0 Å². The first kappa shape index (κ1) is 13.4. The molecule has 4 aliphatic carbocycles. The Labute approximate surface area is 116 Å². The monoisotopic (exact) mass is 264 g/mol. The molecule has 4 fully saturated rings. The minimum atomic E-state index is -0.00888. The van der Waals surface area contributed by atoms with E-state index in [4.69, 9.17) is 0 Å². The maximum Gasteiger partial charge on any atom is 0.226 e. The van der Waals surface area contributed by atoms with Crippen molar-refractivity contribution in [3.8, 4) is 0 Å². The van der Waals surface area contributed by atoms with Crippen LogP contribution in [0.15, 0.2) is 0 Å². The van der Waals surface area contributed by atoms with Gasteiger partial charge in [-0.2, -0.15) is 0 Å². The minimum absolute atomic E-state index is 0.00888. The maximum atomic E-state index is 12.7. The van der Waals surface area contributed by atoms with Gasteiger partial charge in [-0.15, -0.1) is 0 Å². The zero-order chi connectivity index (χ0) is 13.5. The van der Waals surface area contributed by atoms with Crippen LogP contribution in [-0.2, 0) is 4.79 Å². The van der Waals surface area contributed by atoms with Crippen molar-refractivity contribution < 1.29 is 4.79 Å². The van der Waals surface area contributed by atoms with Crippen molar-refractivity contribution in [1.82, 2.24) is 10.6 Å². The number of nitrogens with one attached hydrogen (secondary N) is 2. The van der Waals surface area contributed by atoms with Crippen LogP contribution in [0.3, 0.4) is 0 Å². The molecule has 0 spiro atoms. The van der Waals surface area contributed by atoms with E-state index in [1.54, 1.807) is 0 Å². The van der Waals surface area contributed by atoms with E-state index in [9.17, 15) is 4.79 Å². The zero-order valence-corrected chi connectivity index (χ0v) is 12.4. The van der Waals surface area contributed by atoms with Gasteiger partial charge in [-0.1, -0.05) is 13.8 Å². The molecule has 0 heterocycles. The van der Waals surface area contributed by atoms with Gasteiger partial charge >= 0.3 is 0 Å². The van der Waals surface area contributed by atoms with Crippen LogP contribution in [0.4, 0.5) is 0 Å². The second kappa shape index (κ2) is 4.76. The predicted octanol–water partition coefficient (Wildman–Crippen LogP) is 2.32. The second-order valence-electron chi connectivity index (χ2n) is 7.66. The van der Waals surface area contributed by atoms with Gasteiger partial charge in [0.1, 0.15) is 0 Å². The van der Waals surface area contributed by atoms with Crippen molar-refractivity contribution in [2.45, 2.75) is 52.4 Å². The quantitative estimate of drug-likeness (QED) is 0.748. The number of amides is 1. The summed E-state index contributed by atoms with van der Waals surface area (Å²) in [6.45, 7) is 7.17. The SMILES string of the molecule is CCNCCNC(=O)C12CC3CC(CC(C)(C3)C1)C2. The number of carbonyl (C=O) groups is 1. The van der Waals surface area contributed by atoms with Gasteiger partial charge in [-0.25, -0.2) is 0 Å².